The number of piperidine rings is 1. The molecule has 0 bridgehead atoms. The zero-order valence-corrected chi connectivity index (χ0v) is 8.68. The van der Waals surface area contributed by atoms with Crippen LogP contribution in [0.1, 0.15) is 32.6 Å². The fourth-order valence-corrected chi connectivity index (χ4v) is 1.98. The molecule has 1 amide bonds. The van der Waals surface area contributed by atoms with E-state index in [2.05, 4.69) is 5.32 Å². The van der Waals surface area contributed by atoms with Crippen molar-refractivity contribution < 1.29 is 4.79 Å². The minimum Gasteiger partial charge on any atom is -0.338 e. The van der Waals surface area contributed by atoms with E-state index in [1.807, 2.05) is 18.9 Å². The summed E-state index contributed by atoms with van der Waals surface area (Å²) in [5.74, 6) is 0.306. The predicted molar refractivity (Wildman–Crippen MR) is 53.6 cm³/mol. The number of rotatable bonds is 3. The van der Waals surface area contributed by atoms with Crippen molar-refractivity contribution in [1.82, 2.24) is 10.2 Å². The van der Waals surface area contributed by atoms with Crippen molar-refractivity contribution in [3.63, 3.8) is 0 Å². The van der Waals surface area contributed by atoms with Gasteiger partial charge in [0.05, 0.1) is 0 Å². The summed E-state index contributed by atoms with van der Waals surface area (Å²) >= 11 is 0. The third-order valence-electron chi connectivity index (χ3n) is 2.69. The maximum Gasteiger partial charge on any atom is 0.222 e. The number of hydrogen-bond acceptors (Lipinski definition) is 2. The highest BCUT2D eigenvalue weighted by atomic mass is 16.2. The first-order valence-electron chi connectivity index (χ1n) is 5.23. The lowest BCUT2D eigenvalue weighted by Crippen LogP contribution is -2.47. The normalized spacial score (nSPS) is 23.2. The van der Waals surface area contributed by atoms with Gasteiger partial charge in [0, 0.05) is 25.6 Å². The van der Waals surface area contributed by atoms with Gasteiger partial charge in [0.25, 0.3) is 0 Å². The Hall–Kier alpha value is -0.570. The molecule has 0 radical (unpaired) electrons. The third kappa shape index (κ3) is 2.69. The summed E-state index contributed by atoms with van der Waals surface area (Å²) in [4.78, 5) is 13.6. The molecule has 0 aromatic heterocycles. The number of amides is 1. The van der Waals surface area contributed by atoms with E-state index in [-0.39, 0.29) is 0 Å². The van der Waals surface area contributed by atoms with Crippen LogP contribution in [0.2, 0.25) is 0 Å². The minimum atomic E-state index is 0.306. The summed E-state index contributed by atoms with van der Waals surface area (Å²) in [5, 5.41) is 3.15. The molecule has 1 fully saturated rings. The van der Waals surface area contributed by atoms with Crippen LogP contribution in [0.3, 0.4) is 0 Å². The average molecular weight is 184 g/mol. The van der Waals surface area contributed by atoms with Crippen molar-refractivity contribution in [2.24, 2.45) is 0 Å². The van der Waals surface area contributed by atoms with Gasteiger partial charge in [-0.2, -0.15) is 0 Å². The summed E-state index contributed by atoms with van der Waals surface area (Å²) in [6.45, 7) is 3.83. The van der Waals surface area contributed by atoms with Crippen LogP contribution in [0.25, 0.3) is 0 Å². The predicted octanol–water partition coefficient (Wildman–Crippen LogP) is 0.997. The van der Waals surface area contributed by atoms with E-state index in [0.717, 1.165) is 19.5 Å². The number of carbonyl (C=O) groups is 1. The molecule has 1 heterocycles. The zero-order valence-electron chi connectivity index (χ0n) is 8.68. The third-order valence-corrected chi connectivity index (χ3v) is 2.69. The van der Waals surface area contributed by atoms with E-state index in [9.17, 15) is 4.79 Å². The van der Waals surface area contributed by atoms with Crippen LogP contribution in [0.5, 0.6) is 0 Å². The van der Waals surface area contributed by atoms with E-state index in [0.29, 0.717) is 18.4 Å². The van der Waals surface area contributed by atoms with Crippen LogP contribution < -0.4 is 5.32 Å². The van der Waals surface area contributed by atoms with Crippen LogP contribution in [0, 0.1) is 0 Å². The Morgan fingerprint density at radius 2 is 2.31 bits per heavy atom. The van der Waals surface area contributed by atoms with Crippen molar-refractivity contribution in [3.8, 4) is 0 Å². The molecule has 0 spiro atoms. The van der Waals surface area contributed by atoms with Crippen molar-refractivity contribution in [1.29, 1.82) is 0 Å². The lowest BCUT2D eigenvalue weighted by molar-refractivity contribution is -0.134. The Balaban J connectivity index is 2.50. The van der Waals surface area contributed by atoms with E-state index >= 15 is 0 Å². The molecule has 0 aliphatic carbocycles. The minimum absolute atomic E-state index is 0.306. The first-order chi connectivity index (χ1) is 6.29. The van der Waals surface area contributed by atoms with Crippen molar-refractivity contribution in [3.05, 3.63) is 0 Å². The second kappa shape index (κ2) is 5.22. The molecular weight excluding hydrogens is 164 g/mol. The number of hydrogen-bond donors (Lipinski definition) is 1. The van der Waals surface area contributed by atoms with Crippen molar-refractivity contribution in [2.45, 2.75) is 38.6 Å². The molecule has 13 heavy (non-hydrogen) atoms. The molecule has 0 aromatic carbocycles. The summed E-state index contributed by atoms with van der Waals surface area (Å²) in [6.07, 6.45) is 4.23. The van der Waals surface area contributed by atoms with Crippen LogP contribution in [-0.2, 0) is 4.79 Å². The van der Waals surface area contributed by atoms with Crippen molar-refractivity contribution >= 4 is 5.91 Å². The molecule has 1 unspecified atom stereocenters. The van der Waals surface area contributed by atoms with E-state index in [1.165, 1.54) is 12.8 Å². The quantitative estimate of drug-likeness (QED) is 0.709. The summed E-state index contributed by atoms with van der Waals surface area (Å²) in [7, 11) is 1.95. The molecule has 0 aromatic rings. The Morgan fingerprint density at radius 1 is 1.54 bits per heavy atom. The fraction of sp³-hybridized carbons (Fsp3) is 0.900. The number of likely N-dealkylation sites (tertiary alicyclic amines) is 1. The average Bonchev–Trinajstić information content (AvgIpc) is 2.18. The Labute approximate surface area is 80.5 Å². The van der Waals surface area contributed by atoms with Crippen LogP contribution in [-0.4, -0.2) is 37.0 Å². The Bertz CT molecular complexity index is 168. The zero-order chi connectivity index (χ0) is 9.68. The van der Waals surface area contributed by atoms with Gasteiger partial charge < -0.3 is 10.2 Å². The molecule has 1 aliphatic rings. The number of carbonyl (C=O) groups excluding carboxylic acids is 1. The molecule has 3 nitrogen and oxygen atoms in total. The smallest absolute Gasteiger partial charge is 0.222 e. The maximum absolute atomic E-state index is 11.6. The van der Waals surface area contributed by atoms with Gasteiger partial charge in [0.15, 0.2) is 0 Å². The Morgan fingerprint density at radius 3 is 2.92 bits per heavy atom. The maximum atomic E-state index is 11.6. The Kier molecular flexibility index (Phi) is 4.22. The van der Waals surface area contributed by atoms with Gasteiger partial charge >= 0.3 is 0 Å². The monoisotopic (exact) mass is 184 g/mol. The summed E-state index contributed by atoms with van der Waals surface area (Å²) in [5.41, 5.74) is 0. The van der Waals surface area contributed by atoms with Gasteiger partial charge in [-0.3, -0.25) is 4.79 Å². The highest BCUT2D eigenvalue weighted by molar-refractivity contribution is 5.76. The van der Waals surface area contributed by atoms with E-state index in [1.54, 1.807) is 0 Å². The molecule has 1 atom stereocenters. The molecule has 76 valence electrons. The van der Waals surface area contributed by atoms with Gasteiger partial charge in [-0.25, -0.2) is 0 Å². The van der Waals surface area contributed by atoms with E-state index < -0.39 is 0 Å². The molecule has 1 rings (SSSR count). The molecule has 0 saturated carbocycles. The SMILES string of the molecule is CCC(=O)N1CCCCC1CNC. The van der Waals surface area contributed by atoms with Gasteiger partial charge in [0.2, 0.25) is 5.91 Å². The number of nitrogens with zero attached hydrogens (tertiary/aromatic N) is 1. The largest absolute Gasteiger partial charge is 0.338 e. The molecule has 1 saturated heterocycles. The second-order valence-electron chi connectivity index (χ2n) is 3.65. The number of likely N-dealkylation sites (N-methyl/N-ethyl adjacent to an activating group) is 1. The van der Waals surface area contributed by atoms with Gasteiger partial charge in [-0.1, -0.05) is 6.92 Å². The second-order valence-corrected chi connectivity index (χ2v) is 3.65. The van der Waals surface area contributed by atoms with Crippen LogP contribution >= 0.6 is 0 Å². The van der Waals surface area contributed by atoms with Gasteiger partial charge in [-0.05, 0) is 26.3 Å². The standard InChI is InChI=1S/C10H20N2O/c1-3-10(13)12-7-5-4-6-9(12)8-11-2/h9,11H,3-8H2,1-2H3. The fourth-order valence-electron chi connectivity index (χ4n) is 1.98. The van der Waals surface area contributed by atoms with Crippen LogP contribution in [0.4, 0.5) is 0 Å². The molecule has 3 heteroatoms. The summed E-state index contributed by atoms with van der Waals surface area (Å²) in [6, 6.07) is 0.436. The highest BCUT2D eigenvalue weighted by Gasteiger charge is 2.24. The van der Waals surface area contributed by atoms with E-state index in [4.69, 9.17) is 0 Å². The van der Waals surface area contributed by atoms with Gasteiger partial charge in [-0.15, -0.1) is 0 Å². The first-order valence-corrected chi connectivity index (χ1v) is 5.23. The highest BCUT2D eigenvalue weighted by Crippen LogP contribution is 2.17. The van der Waals surface area contributed by atoms with Crippen LogP contribution in [0.15, 0.2) is 0 Å². The number of nitrogens with one attached hydrogen (secondary N) is 1. The van der Waals surface area contributed by atoms with Gasteiger partial charge in [0.1, 0.15) is 0 Å². The molecule has 1 N–H and O–H groups in total. The van der Waals surface area contributed by atoms with Crippen molar-refractivity contribution in [2.75, 3.05) is 20.1 Å². The molecule has 1 aliphatic heterocycles. The summed E-state index contributed by atoms with van der Waals surface area (Å²) < 4.78 is 0. The lowest BCUT2D eigenvalue weighted by Gasteiger charge is -2.35. The first kappa shape index (κ1) is 10.5. The topological polar surface area (TPSA) is 32.3 Å². The molecular formula is C10H20N2O. The lowest BCUT2D eigenvalue weighted by atomic mass is 10.0.